The van der Waals surface area contributed by atoms with Crippen molar-refractivity contribution in [3.8, 4) is 16.9 Å². The molecule has 2 aromatic rings. The molecule has 0 amide bonds. The highest BCUT2D eigenvalue weighted by molar-refractivity contribution is 6.28. The summed E-state index contributed by atoms with van der Waals surface area (Å²) in [6.45, 7) is 0. The number of halogens is 1. The summed E-state index contributed by atoms with van der Waals surface area (Å²) >= 11 is 5.65. The summed E-state index contributed by atoms with van der Waals surface area (Å²) in [7, 11) is 1.57. The SMILES string of the molecule is COc1ccc(-c2c(N=C(N)CCl)cccc2C(=O)O)cc1. The van der Waals surface area contributed by atoms with Crippen LogP contribution in [0.15, 0.2) is 47.5 Å². The summed E-state index contributed by atoms with van der Waals surface area (Å²) in [4.78, 5) is 15.7. The molecular weight excluding hydrogens is 304 g/mol. The number of carboxylic acids is 1. The summed E-state index contributed by atoms with van der Waals surface area (Å²) in [5.41, 5.74) is 7.48. The van der Waals surface area contributed by atoms with E-state index in [4.69, 9.17) is 22.1 Å². The number of hydrogen-bond acceptors (Lipinski definition) is 3. The number of benzene rings is 2. The highest BCUT2D eigenvalue weighted by Crippen LogP contribution is 2.34. The number of aliphatic imine (C=N–C) groups is 1. The van der Waals surface area contributed by atoms with Gasteiger partial charge < -0.3 is 15.6 Å². The molecule has 2 rings (SSSR count). The third-order valence-electron chi connectivity index (χ3n) is 3.05. The van der Waals surface area contributed by atoms with E-state index in [1.54, 1.807) is 43.5 Å². The van der Waals surface area contributed by atoms with E-state index in [9.17, 15) is 9.90 Å². The smallest absolute Gasteiger partial charge is 0.336 e. The van der Waals surface area contributed by atoms with E-state index in [1.165, 1.54) is 6.07 Å². The van der Waals surface area contributed by atoms with Gasteiger partial charge in [-0.1, -0.05) is 18.2 Å². The third-order valence-corrected chi connectivity index (χ3v) is 3.33. The van der Waals surface area contributed by atoms with E-state index in [0.29, 0.717) is 22.6 Å². The molecule has 0 unspecified atom stereocenters. The lowest BCUT2D eigenvalue weighted by molar-refractivity contribution is 0.0697. The number of alkyl halides is 1. The number of carbonyl (C=O) groups is 1. The largest absolute Gasteiger partial charge is 0.497 e. The van der Waals surface area contributed by atoms with Gasteiger partial charge >= 0.3 is 5.97 Å². The molecular formula is C16H15ClN2O3. The molecule has 22 heavy (non-hydrogen) atoms. The number of carboxylic acid groups (broad SMARTS) is 1. The normalized spacial score (nSPS) is 11.3. The van der Waals surface area contributed by atoms with Crippen molar-refractivity contribution in [1.82, 2.24) is 0 Å². The Bertz CT molecular complexity index is 712. The van der Waals surface area contributed by atoms with Crippen LogP contribution in [0.4, 0.5) is 5.69 Å². The molecule has 0 fully saturated rings. The highest BCUT2D eigenvalue weighted by Gasteiger charge is 2.16. The van der Waals surface area contributed by atoms with Gasteiger partial charge in [0.25, 0.3) is 0 Å². The number of hydrogen-bond donors (Lipinski definition) is 2. The van der Waals surface area contributed by atoms with Gasteiger partial charge in [0.2, 0.25) is 0 Å². The zero-order valence-electron chi connectivity index (χ0n) is 11.9. The molecule has 0 bridgehead atoms. The van der Waals surface area contributed by atoms with Crippen LogP contribution < -0.4 is 10.5 Å². The predicted molar refractivity (Wildman–Crippen MR) is 87.4 cm³/mol. The lowest BCUT2D eigenvalue weighted by atomic mass is 9.97. The molecule has 114 valence electrons. The second-order valence-corrected chi connectivity index (χ2v) is 4.74. The molecule has 0 aliphatic carbocycles. The number of aromatic carboxylic acids is 1. The van der Waals surface area contributed by atoms with E-state index < -0.39 is 5.97 Å². The van der Waals surface area contributed by atoms with Crippen molar-refractivity contribution < 1.29 is 14.6 Å². The first kappa shape index (κ1) is 15.9. The Kier molecular flexibility index (Phi) is 5.01. The molecule has 0 aliphatic heterocycles. The van der Waals surface area contributed by atoms with E-state index >= 15 is 0 Å². The standard InChI is InChI=1S/C16H15ClN2O3/c1-22-11-7-5-10(6-8-11)15-12(16(20)21)3-2-4-13(15)19-14(18)9-17/h2-8H,9H2,1H3,(H2,18,19)(H,20,21). The van der Waals surface area contributed by atoms with Crippen LogP contribution in [0, 0.1) is 0 Å². The molecule has 2 aromatic carbocycles. The first-order valence-corrected chi connectivity index (χ1v) is 7.00. The number of amidine groups is 1. The molecule has 0 radical (unpaired) electrons. The molecule has 0 aliphatic rings. The number of nitrogens with zero attached hydrogens (tertiary/aromatic N) is 1. The molecule has 5 nitrogen and oxygen atoms in total. The van der Waals surface area contributed by atoms with Gasteiger partial charge in [-0.05, 0) is 29.8 Å². The van der Waals surface area contributed by atoms with Crippen molar-refractivity contribution in [2.75, 3.05) is 13.0 Å². The van der Waals surface area contributed by atoms with Crippen LogP contribution >= 0.6 is 11.6 Å². The average molecular weight is 319 g/mol. The predicted octanol–water partition coefficient (Wildman–Crippen LogP) is 3.29. The number of methoxy groups -OCH3 is 1. The second kappa shape index (κ2) is 6.95. The zero-order valence-corrected chi connectivity index (χ0v) is 12.7. The van der Waals surface area contributed by atoms with E-state index in [-0.39, 0.29) is 17.3 Å². The van der Waals surface area contributed by atoms with Gasteiger partial charge in [-0.3, -0.25) is 0 Å². The van der Waals surface area contributed by atoms with Gasteiger partial charge in [-0.15, -0.1) is 11.6 Å². The van der Waals surface area contributed by atoms with Crippen LogP contribution in [0.5, 0.6) is 5.75 Å². The minimum atomic E-state index is -1.03. The van der Waals surface area contributed by atoms with Crippen LogP contribution in [0.2, 0.25) is 0 Å². The van der Waals surface area contributed by atoms with Gasteiger partial charge in [0, 0.05) is 5.56 Å². The van der Waals surface area contributed by atoms with Crippen molar-refractivity contribution in [3.63, 3.8) is 0 Å². The maximum atomic E-state index is 11.5. The maximum Gasteiger partial charge on any atom is 0.336 e. The number of ether oxygens (including phenoxy) is 1. The van der Waals surface area contributed by atoms with E-state index in [0.717, 1.165) is 0 Å². The Morgan fingerprint density at radius 3 is 2.50 bits per heavy atom. The van der Waals surface area contributed by atoms with Crippen molar-refractivity contribution in [3.05, 3.63) is 48.0 Å². The first-order valence-electron chi connectivity index (χ1n) is 6.46. The van der Waals surface area contributed by atoms with Gasteiger partial charge in [0.1, 0.15) is 11.6 Å². The van der Waals surface area contributed by atoms with Gasteiger partial charge in [-0.2, -0.15) is 0 Å². The summed E-state index contributed by atoms with van der Waals surface area (Å²) in [6.07, 6.45) is 0. The number of nitrogens with two attached hydrogens (primary N) is 1. The average Bonchev–Trinajstić information content (AvgIpc) is 2.54. The lowest BCUT2D eigenvalue weighted by Gasteiger charge is -2.11. The number of rotatable bonds is 5. The Hall–Kier alpha value is -2.53. The van der Waals surface area contributed by atoms with E-state index in [1.807, 2.05) is 0 Å². The van der Waals surface area contributed by atoms with Crippen LogP contribution in [-0.2, 0) is 0 Å². The van der Waals surface area contributed by atoms with Gasteiger partial charge in [-0.25, -0.2) is 9.79 Å². The van der Waals surface area contributed by atoms with Crippen molar-refractivity contribution in [2.45, 2.75) is 0 Å². The minimum absolute atomic E-state index is 0.0688. The molecule has 0 saturated carbocycles. The molecule has 6 heteroatoms. The Morgan fingerprint density at radius 2 is 1.95 bits per heavy atom. The molecule has 0 saturated heterocycles. The van der Waals surface area contributed by atoms with Gasteiger partial charge in [0.05, 0.1) is 24.2 Å². The second-order valence-electron chi connectivity index (χ2n) is 4.47. The van der Waals surface area contributed by atoms with Crippen LogP contribution in [0.25, 0.3) is 11.1 Å². The Balaban J connectivity index is 2.66. The van der Waals surface area contributed by atoms with Crippen molar-refractivity contribution in [1.29, 1.82) is 0 Å². The van der Waals surface area contributed by atoms with Crippen LogP contribution in [0.1, 0.15) is 10.4 Å². The molecule has 0 spiro atoms. The first-order chi connectivity index (χ1) is 10.6. The van der Waals surface area contributed by atoms with Crippen LogP contribution in [-0.4, -0.2) is 29.9 Å². The molecule has 0 aromatic heterocycles. The molecule has 0 atom stereocenters. The maximum absolute atomic E-state index is 11.5. The van der Waals surface area contributed by atoms with E-state index in [2.05, 4.69) is 4.99 Å². The third kappa shape index (κ3) is 3.38. The Morgan fingerprint density at radius 1 is 1.27 bits per heavy atom. The molecule has 3 N–H and O–H groups in total. The quantitative estimate of drug-likeness (QED) is 0.503. The minimum Gasteiger partial charge on any atom is -0.497 e. The summed E-state index contributed by atoms with van der Waals surface area (Å²) < 4.78 is 5.11. The lowest BCUT2D eigenvalue weighted by Crippen LogP contribution is -2.12. The monoisotopic (exact) mass is 318 g/mol. The highest BCUT2D eigenvalue weighted by atomic mass is 35.5. The summed E-state index contributed by atoms with van der Waals surface area (Å²) in [5.74, 6) is -0.0625. The van der Waals surface area contributed by atoms with Crippen molar-refractivity contribution >= 4 is 29.1 Å². The topological polar surface area (TPSA) is 84.9 Å². The Labute approximate surface area is 133 Å². The fourth-order valence-electron chi connectivity index (χ4n) is 2.06. The summed E-state index contributed by atoms with van der Waals surface area (Å²) in [5, 5.41) is 9.41. The fourth-order valence-corrected chi connectivity index (χ4v) is 2.12. The van der Waals surface area contributed by atoms with Crippen molar-refractivity contribution in [2.24, 2.45) is 10.7 Å². The fraction of sp³-hybridized carbons (Fsp3) is 0.125. The molecule has 0 heterocycles. The zero-order chi connectivity index (χ0) is 16.1. The van der Waals surface area contributed by atoms with Crippen LogP contribution in [0.3, 0.4) is 0 Å². The summed E-state index contributed by atoms with van der Waals surface area (Å²) in [6, 6.07) is 11.9. The van der Waals surface area contributed by atoms with Gasteiger partial charge in [0.15, 0.2) is 0 Å².